The third-order valence-corrected chi connectivity index (χ3v) is 7.49. The molecular formula is C27H26N6O3. The van der Waals surface area contributed by atoms with Crippen LogP contribution in [0.4, 0.5) is 11.4 Å². The number of carbonyl (C=O) groups excluding carboxylic acids is 3. The molecule has 1 aromatic heterocycles. The van der Waals surface area contributed by atoms with E-state index >= 15 is 0 Å². The number of amides is 3. The second-order valence-electron chi connectivity index (χ2n) is 9.63. The lowest BCUT2D eigenvalue weighted by molar-refractivity contribution is -0.123. The summed E-state index contributed by atoms with van der Waals surface area (Å²) in [4.78, 5) is 44.9. The van der Waals surface area contributed by atoms with Crippen LogP contribution in [0.2, 0.25) is 0 Å². The summed E-state index contributed by atoms with van der Waals surface area (Å²) in [5, 5.41) is 5.23. The fourth-order valence-corrected chi connectivity index (χ4v) is 5.81. The van der Waals surface area contributed by atoms with Crippen molar-refractivity contribution >= 4 is 40.0 Å². The molecule has 2 fully saturated rings. The molecule has 2 heterocycles. The van der Waals surface area contributed by atoms with Crippen molar-refractivity contribution in [1.82, 2.24) is 15.5 Å². The minimum absolute atomic E-state index is 0.132. The van der Waals surface area contributed by atoms with Crippen molar-refractivity contribution in [2.45, 2.75) is 13.0 Å². The number of para-hydroxylation sites is 1. The van der Waals surface area contributed by atoms with Crippen LogP contribution in [-0.4, -0.2) is 34.9 Å². The van der Waals surface area contributed by atoms with Crippen molar-refractivity contribution in [1.29, 1.82) is 0 Å². The largest absolute Gasteiger partial charge is 0.320 e. The second kappa shape index (κ2) is 8.63. The molecule has 2 bridgehead atoms. The predicted octanol–water partition coefficient (Wildman–Crippen LogP) is 2.61. The van der Waals surface area contributed by atoms with Crippen LogP contribution in [0, 0.1) is 23.7 Å². The fraction of sp³-hybridized carbons (Fsp3) is 0.259. The van der Waals surface area contributed by atoms with E-state index in [9.17, 15) is 14.4 Å². The molecule has 4 N–H and O–H groups in total. The number of allylic oxidation sites excluding steroid dienone is 2. The lowest BCUT2D eigenvalue weighted by Gasteiger charge is -2.17. The molecule has 9 heteroatoms. The van der Waals surface area contributed by atoms with E-state index in [1.54, 1.807) is 43.6 Å². The van der Waals surface area contributed by atoms with E-state index in [-0.39, 0.29) is 41.4 Å². The number of hydrazine groups is 2. The molecule has 1 aliphatic heterocycles. The van der Waals surface area contributed by atoms with Crippen LogP contribution < -0.4 is 21.5 Å². The number of aromatic nitrogens is 1. The molecule has 9 nitrogen and oxygen atoms in total. The van der Waals surface area contributed by atoms with Gasteiger partial charge in [-0.1, -0.05) is 24.3 Å². The van der Waals surface area contributed by atoms with Gasteiger partial charge in [0.15, 0.2) is 0 Å². The Hall–Kier alpha value is -3.92. The van der Waals surface area contributed by atoms with Gasteiger partial charge in [0.25, 0.3) is 5.91 Å². The number of carbonyl (C=O) groups is 3. The van der Waals surface area contributed by atoms with Crippen LogP contribution >= 0.6 is 0 Å². The zero-order valence-electron chi connectivity index (χ0n) is 19.7. The molecule has 4 atom stereocenters. The number of hydrogen-bond acceptors (Lipinski definition) is 7. The van der Waals surface area contributed by atoms with E-state index in [1.807, 2.05) is 18.2 Å². The monoisotopic (exact) mass is 482 g/mol. The quantitative estimate of drug-likeness (QED) is 0.214. The molecule has 0 spiro atoms. The Kier molecular flexibility index (Phi) is 5.40. The molecule has 1 saturated carbocycles. The third-order valence-electron chi connectivity index (χ3n) is 7.49. The van der Waals surface area contributed by atoms with Crippen LogP contribution in [-0.2, 0) is 16.1 Å². The topological polar surface area (TPSA) is 121 Å². The van der Waals surface area contributed by atoms with Gasteiger partial charge in [0.05, 0.1) is 28.7 Å². The van der Waals surface area contributed by atoms with E-state index in [0.717, 1.165) is 17.4 Å². The summed E-state index contributed by atoms with van der Waals surface area (Å²) in [6.07, 6.45) is 6.74. The number of fused-ring (bicyclic) bond motifs is 6. The number of anilines is 2. The average Bonchev–Trinajstić information content (AvgIpc) is 3.56. The summed E-state index contributed by atoms with van der Waals surface area (Å²) in [6.45, 7) is 0.512. The van der Waals surface area contributed by atoms with Gasteiger partial charge in [-0.25, -0.2) is 5.43 Å². The van der Waals surface area contributed by atoms with Gasteiger partial charge in [-0.05, 0) is 60.2 Å². The minimum atomic E-state index is -0.306. The van der Waals surface area contributed by atoms with Crippen LogP contribution in [0.3, 0.4) is 0 Å². The fourth-order valence-electron chi connectivity index (χ4n) is 5.81. The Balaban J connectivity index is 1.21. The number of imide groups is 1. The summed E-state index contributed by atoms with van der Waals surface area (Å²) < 4.78 is 0. The molecule has 3 aliphatic rings. The van der Waals surface area contributed by atoms with Gasteiger partial charge in [-0.15, -0.1) is 0 Å². The van der Waals surface area contributed by atoms with Crippen molar-refractivity contribution in [3.8, 4) is 0 Å². The number of benzene rings is 2. The lowest BCUT2D eigenvalue weighted by Crippen LogP contribution is -2.39. The molecule has 2 aromatic carbocycles. The molecule has 0 radical (unpaired) electrons. The summed E-state index contributed by atoms with van der Waals surface area (Å²) in [7, 11) is 1.71. The summed E-state index contributed by atoms with van der Waals surface area (Å²) in [5.41, 5.74) is 6.21. The van der Waals surface area contributed by atoms with Crippen LogP contribution in [0.5, 0.6) is 0 Å². The van der Waals surface area contributed by atoms with Gasteiger partial charge in [0.1, 0.15) is 0 Å². The first kappa shape index (κ1) is 22.5. The van der Waals surface area contributed by atoms with Gasteiger partial charge >= 0.3 is 0 Å². The zero-order chi connectivity index (χ0) is 25.0. The Morgan fingerprint density at radius 1 is 1.06 bits per heavy atom. The maximum Gasteiger partial charge on any atom is 0.255 e. The van der Waals surface area contributed by atoms with E-state index in [2.05, 4.69) is 27.9 Å². The first-order valence-electron chi connectivity index (χ1n) is 12.0. The van der Waals surface area contributed by atoms with Crippen molar-refractivity contribution < 1.29 is 14.4 Å². The normalized spacial score (nSPS) is 24.2. The van der Waals surface area contributed by atoms with Gasteiger partial charge in [0, 0.05) is 30.7 Å². The third kappa shape index (κ3) is 3.60. The lowest BCUT2D eigenvalue weighted by atomic mass is 9.85. The van der Waals surface area contributed by atoms with Crippen molar-refractivity contribution in [2.24, 2.45) is 29.5 Å². The van der Waals surface area contributed by atoms with Crippen LogP contribution in [0.1, 0.15) is 22.3 Å². The van der Waals surface area contributed by atoms with E-state index in [0.29, 0.717) is 29.0 Å². The number of nitrogens with one attached hydrogen (secondary N) is 2. The molecule has 3 aromatic rings. The highest BCUT2D eigenvalue weighted by atomic mass is 16.2. The standard InChI is InChI=1S/C27H26N6O3/c1-32(28)30-14-18-11-12-29-24-20(18)3-2-4-21(24)31-25(34)15-7-9-19(10-8-15)33-26(35)22-16-5-6-17(13-16)23(22)27(33)36/h2-12,16-17,22-23,30H,13-14,28H2,1H3,(H,31,34). The number of nitrogens with zero attached hydrogens (tertiary/aromatic N) is 3. The summed E-state index contributed by atoms with van der Waals surface area (Å²) in [6, 6.07) is 14.1. The molecule has 4 unspecified atom stereocenters. The van der Waals surface area contributed by atoms with Gasteiger partial charge in [0.2, 0.25) is 11.8 Å². The maximum atomic E-state index is 13.1. The van der Waals surface area contributed by atoms with Crippen LogP contribution in [0.25, 0.3) is 10.9 Å². The first-order chi connectivity index (χ1) is 17.4. The Bertz CT molecular complexity index is 1390. The summed E-state index contributed by atoms with van der Waals surface area (Å²) >= 11 is 0. The highest BCUT2D eigenvalue weighted by Crippen LogP contribution is 2.53. The highest BCUT2D eigenvalue weighted by molar-refractivity contribution is 6.23. The number of rotatable bonds is 6. The van der Waals surface area contributed by atoms with E-state index < -0.39 is 0 Å². The number of nitrogens with two attached hydrogens (primary N) is 1. The first-order valence-corrected chi connectivity index (χ1v) is 12.0. The maximum absolute atomic E-state index is 13.1. The number of pyridine rings is 1. The smallest absolute Gasteiger partial charge is 0.255 e. The molecule has 182 valence electrons. The molecule has 3 amide bonds. The molecule has 6 rings (SSSR count). The zero-order valence-corrected chi connectivity index (χ0v) is 19.7. The summed E-state index contributed by atoms with van der Waals surface area (Å²) in [5.74, 6) is 4.90. The predicted molar refractivity (Wildman–Crippen MR) is 135 cm³/mol. The van der Waals surface area contributed by atoms with Crippen molar-refractivity contribution in [3.63, 3.8) is 0 Å². The Morgan fingerprint density at radius 3 is 2.42 bits per heavy atom. The molecular weight excluding hydrogens is 456 g/mol. The second-order valence-corrected chi connectivity index (χ2v) is 9.63. The van der Waals surface area contributed by atoms with E-state index in [1.165, 1.54) is 10.0 Å². The molecule has 36 heavy (non-hydrogen) atoms. The minimum Gasteiger partial charge on any atom is -0.320 e. The number of hydrogen-bond donors (Lipinski definition) is 3. The van der Waals surface area contributed by atoms with Crippen molar-refractivity contribution in [3.05, 3.63) is 78.0 Å². The van der Waals surface area contributed by atoms with E-state index in [4.69, 9.17) is 5.84 Å². The Labute approximate surface area is 207 Å². The Morgan fingerprint density at radius 2 is 1.75 bits per heavy atom. The van der Waals surface area contributed by atoms with Gasteiger partial charge in [-0.2, -0.15) is 5.12 Å². The average molecular weight is 483 g/mol. The molecule has 1 saturated heterocycles. The van der Waals surface area contributed by atoms with Gasteiger partial charge in [-0.3, -0.25) is 30.1 Å². The van der Waals surface area contributed by atoms with Crippen molar-refractivity contribution in [2.75, 3.05) is 17.3 Å². The SMILES string of the molecule is CN(N)NCc1ccnc2c(NC(=O)c3ccc(N4C(=O)C5C6C=CC(C6)C5C4=O)cc3)cccc12. The molecule has 2 aliphatic carbocycles. The highest BCUT2D eigenvalue weighted by Gasteiger charge is 2.59. The van der Waals surface area contributed by atoms with Crippen LogP contribution in [0.15, 0.2) is 66.9 Å². The van der Waals surface area contributed by atoms with Gasteiger partial charge < -0.3 is 5.32 Å².